The number of quaternary nitrogens is 1. The molecule has 4 bridgehead atoms. The molecule has 8 atom stereocenters. The Hall–Kier alpha value is -0.160. The fourth-order valence-corrected chi connectivity index (χ4v) is 11.2. The predicted octanol–water partition coefficient (Wildman–Crippen LogP) is 5.91. The van der Waals surface area contributed by atoms with Crippen LogP contribution >= 0.6 is 0 Å². The zero-order chi connectivity index (χ0) is 27.5. The van der Waals surface area contributed by atoms with Gasteiger partial charge in [-0.15, -0.1) is 0 Å². The summed E-state index contributed by atoms with van der Waals surface area (Å²) < 4.78 is 1.18. The number of fused-ring (bicyclic) bond motifs is 4. The van der Waals surface area contributed by atoms with Gasteiger partial charge >= 0.3 is 0 Å². The molecule has 0 radical (unpaired) electrons. The molecule has 4 heteroatoms. The minimum absolute atomic E-state index is 0.177. The van der Waals surface area contributed by atoms with Crippen molar-refractivity contribution in [2.45, 2.75) is 144 Å². The van der Waals surface area contributed by atoms with Gasteiger partial charge in [-0.2, -0.15) is 0 Å². The summed E-state index contributed by atoms with van der Waals surface area (Å²) in [4.78, 5) is 2.73. The standard InChI is InChI=1S/C16H33N2.C15H30N2/c1-10-17-16(8)14(5,6)18(9)11-12(2)15(16,7)13(18,3)4;1-9-16-15(8)13(5,6)17-10-11(2)14(15,7)12(17,3)4/h12,17H,10-11H2,1-9H3;11,16H,9-10H2,1-8H3/q+1;. The molecule has 206 valence electrons. The highest BCUT2D eigenvalue weighted by molar-refractivity contribution is 5.32. The predicted molar refractivity (Wildman–Crippen MR) is 153 cm³/mol. The summed E-state index contributed by atoms with van der Waals surface area (Å²) in [6, 6.07) is 0. The molecular formula is C31H63N4+. The first-order valence-corrected chi connectivity index (χ1v) is 14.6. The highest BCUT2D eigenvalue weighted by Gasteiger charge is 2.84. The maximum Gasteiger partial charge on any atom is 0.113 e. The third kappa shape index (κ3) is 2.69. The van der Waals surface area contributed by atoms with Gasteiger partial charge in [-0.25, -0.2) is 0 Å². The second kappa shape index (κ2) is 7.70. The highest BCUT2D eigenvalue weighted by Crippen LogP contribution is 2.70. The summed E-state index contributed by atoms with van der Waals surface area (Å²) in [7, 11) is 2.48. The quantitative estimate of drug-likeness (QED) is 0.479. The largest absolute Gasteiger partial charge is 0.315 e. The summed E-state index contributed by atoms with van der Waals surface area (Å²) in [6.45, 7) is 43.5. The fourth-order valence-electron chi connectivity index (χ4n) is 11.2. The number of rotatable bonds is 4. The Labute approximate surface area is 219 Å². The molecule has 4 aliphatic heterocycles. The van der Waals surface area contributed by atoms with E-state index in [2.05, 4.69) is 133 Å². The molecule has 4 rings (SSSR count). The van der Waals surface area contributed by atoms with Crippen molar-refractivity contribution in [3.8, 4) is 0 Å². The van der Waals surface area contributed by atoms with E-state index < -0.39 is 0 Å². The van der Waals surface area contributed by atoms with Crippen LogP contribution in [0.15, 0.2) is 0 Å². The molecule has 4 aliphatic rings. The van der Waals surface area contributed by atoms with Crippen LogP contribution in [0.3, 0.4) is 0 Å². The van der Waals surface area contributed by atoms with Gasteiger partial charge in [0.2, 0.25) is 0 Å². The number of nitrogens with one attached hydrogen (secondary N) is 2. The third-order valence-electron chi connectivity index (χ3n) is 15.0. The Kier molecular flexibility index (Phi) is 6.47. The van der Waals surface area contributed by atoms with Crippen LogP contribution in [-0.2, 0) is 0 Å². The van der Waals surface area contributed by atoms with Crippen molar-refractivity contribution in [2.75, 3.05) is 33.2 Å². The summed E-state index contributed by atoms with van der Waals surface area (Å²) in [5, 5.41) is 7.71. The topological polar surface area (TPSA) is 27.3 Å². The molecule has 0 amide bonds. The van der Waals surface area contributed by atoms with Crippen molar-refractivity contribution in [1.29, 1.82) is 0 Å². The van der Waals surface area contributed by atoms with Crippen molar-refractivity contribution in [1.82, 2.24) is 15.5 Å². The van der Waals surface area contributed by atoms with Crippen LogP contribution in [-0.4, -0.2) is 75.8 Å². The monoisotopic (exact) mass is 492 g/mol. The molecule has 0 spiro atoms. The van der Waals surface area contributed by atoms with E-state index in [1.165, 1.54) is 17.6 Å². The summed E-state index contributed by atoms with van der Waals surface area (Å²) in [5.41, 5.74) is 2.07. The van der Waals surface area contributed by atoms with Crippen molar-refractivity contribution in [3.63, 3.8) is 0 Å². The maximum absolute atomic E-state index is 3.88. The average Bonchev–Trinajstić information content (AvgIpc) is 3.06. The molecule has 35 heavy (non-hydrogen) atoms. The summed E-state index contributed by atoms with van der Waals surface area (Å²) >= 11 is 0. The van der Waals surface area contributed by atoms with Gasteiger partial charge in [0.15, 0.2) is 0 Å². The van der Waals surface area contributed by atoms with Crippen LogP contribution < -0.4 is 10.6 Å². The molecule has 8 unspecified atom stereocenters. The smallest absolute Gasteiger partial charge is 0.113 e. The van der Waals surface area contributed by atoms with Crippen LogP contribution in [0, 0.1) is 22.7 Å². The van der Waals surface area contributed by atoms with Gasteiger partial charge in [-0.05, 0) is 88.2 Å². The number of likely N-dealkylation sites (N-methyl/N-ethyl adjacent to an activating group) is 3. The molecule has 2 N–H and O–H groups in total. The number of hydrogen-bond acceptors (Lipinski definition) is 3. The minimum Gasteiger partial charge on any atom is -0.315 e. The van der Waals surface area contributed by atoms with Crippen LogP contribution in [0.2, 0.25) is 0 Å². The van der Waals surface area contributed by atoms with Gasteiger partial charge in [0.05, 0.1) is 24.5 Å². The van der Waals surface area contributed by atoms with Gasteiger partial charge in [0, 0.05) is 34.5 Å². The first kappa shape index (κ1) is 29.4. The van der Waals surface area contributed by atoms with Gasteiger partial charge in [-0.1, -0.05) is 41.5 Å². The minimum atomic E-state index is 0.177. The van der Waals surface area contributed by atoms with Crippen LogP contribution in [0.25, 0.3) is 0 Å². The lowest BCUT2D eigenvalue weighted by molar-refractivity contribution is -0.979. The summed E-state index contributed by atoms with van der Waals surface area (Å²) in [5.74, 6) is 1.50. The van der Waals surface area contributed by atoms with Crippen molar-refractivity contribution < 1.29 is 4.48 Å². The lowest BCUT2D eigenvalue weighted by Crippen LogP contribution is -2.73. The van der Waals surface area contributed by atoms with Crippen LogP contribution in [0.4, 0.5) is 0 Å². The molecule has 0 aromatic carbocycles. The second-order valence-electron chi connectivity index (χ2n) is 15.7. The molecule has 0 aromatic heterocycles. The zero-order valence-electron chi connectivity index (χ0n) is 26.9. The molecule has 4 heterocycles. The molecule has 0 aliphatic carbocycles. The van der Waals surface area contributed by atoms with Gasteiger partial charge in [0.25, 0.3) is 0 Å². The maximum atomic E-state index is 3.88. The zero-order valence-corrected chi connectivity index (χ0v) is 26.9. The molecule has 4 fully saturated rings. The molecular weight excluding hydrogens is 428 g/mol. The van der Waals surface area contributed by atoms with Crippen molar-refractivity contribution in [3.05, 3.63) is 0 Å². The lowest BCUT2D eigenvalue weighted by Gasteiger charge is -2.55. The van der Waals surface area contributed by atoms with Crippen molar-refractivity contribution >= 4 is 0 Å². The molecule has 4 saturated heterocycles. The second-order valence-corrected chi connectivity index (χ2v) is 15.7. The van der Waals surface area contributed by atoms with Crippen LogP contribution in [0.1, 0.15) is 111 Å². The van der Waals surface area contributed by atoms with Gasteiger partial charge < -0.3 is 15.1 Å². The van der Waals surface area contributed by atoms with E-state index in [1.54, 1.807) is 0 Å². The highest BCUT2D eigenvalue weighted by atomic mass is 15.5. The SMILES string of the molecule is CCNC1(C)C(C)(C)N2CC(C)C1(C)C2(C)C.CCNC1(C)C2(C)C(C)C[N+](C)(C1(C)C)C2(C)C. The van der Waals surface area contributed by atoms with E-state index in [1.807, 2.05) is 0 Å². The first-order chi connectivity index (χ1) is 15.5. The van der Waals surface area contributed by atoms with E-state index >= 15 is 0 Å². The Morgan fingerprint density at radius 1 is 0.657 bits per heavy atom. The lowest BCUT2D eigenvalue weighted by atomic mass is 9.55. The Morgan fingerprint density at radius 3 is 1.51 bits per heavy atom. The fraction of sp³-hybridized carbons (Fsp3) is 1.00. The Balaban J connectivity index is 0.000000196. The van der Waals surface area contributed by atoms with Gasteiger partial charge in [-0.3, -0.25) is 4.90 Å². The summed E-state index contributed by atoms with van der Waals surface area (Å²) in [6.07, 6.45) is 0. The third-order valence-corrected chi connectivity index (χ3v) is 15.0. The van der Waals surface area contributed by atoms with Gasteiger partial charge in [0.1, 0.15) is 11.1 Å². The molecule has 0 aromatic rings. The number of hydrogen-bond donors (Lipinski definition) is 2. The van der Waals surface area contributed by atoms with E-state index in [4.69, 9.17) is 0 Å². The van der Waals surface area contributed by atoms with E-state index in [-0.39, 0.29) is 27.7 Å². The van der Waals surface area contributed by atoms with E-state index in [0.29, 0.717) is 16.4 Å². The normalized spacial score (nSPS) is 51.9. The average molecular weight is 492 g/mol. The van der Waals surface area contributed by atoms with E-state index in [9.17, 15) is 0 Å². The Bertz CT molecular complexity index is 845. The Morgan fingerprint density at radius 2 is 1.11 bits per heavy atom. The van der Waals surface area contributed by atoms with E-state index in [0.717, 1.165) is 24.9 Å². The number of nitrogens with zero attached hydrogens (tertiary/aromatic N) is 2. The van der Waals surface area contributed by atoms with Crippen LogP contribution in [0.5, 0.6) is 0 Å². The molecule has 4 nitrogen and oxygen atoms in total. The first-order valence-electron chi connectivity index (χ1n) is 14.6. The number of piperidine rings is 2. The van der Waals surface area contributed by atoms with Crippen molar-refractivity contribution in [2.24, 2.45) is 22.7 Å². The molecule has 0 saturated carbocycles.